The minimum atomic E-state index is -0.363. The number of carbonyl (C=O) groups excluding carboxylic acids is 1. The molecule has 126 valence electrons. The summed E-state index contributed by atoms with van der Waals surface area (Å²) in [7, 11) is 0. The van der Waals surface area contributed by atoms with Gasteiger partial charge in [0.15, 0.2) is 0 Å². The summed E-state index contributed by atoms with van der Waals surface area (Å²) < 4.78 is 5.51. The summed E-state index contributed by atoms with van der Waals surface area (Å²) in [6.45, 7) is 2.53. The van der Waals surface area contributed by atoms with Crippen LogP contribution < -0.4 is 10.1 Å². The highest BCUT2D eigenvalue weighted by Crippen LogP contribution is 2.27. The van der Waals surface area contributed by atoms with E-state index in [0.29, 0.717) is 6.61 Å². The first kappa shape index (κ1) is 16.8. The van der Waals surface area contributed by atoms with E-state index >= 15 is 0 Å². The van der Waals surface area contributed by atoms with E-state index in [0.717, 1.165) is 22.6 Å². The van der Waals surface area contributed by atoms with Crippen molar-refractivity contribution in [3.05, 3.63) is 96.1 Å². The van der Waals surface area contributed by atoms with Gasteiger partial charge < -0.3 is 10.1 Å². The van der Waals surface area contributed by atoms with Crippen LogP contribution >= 0.6 is 0 Å². The van der Waals surface area contributed by atoms with E-state index in [-0.39, 0.29) is 11.8 Å². The molecule has 0 saturated heterocycles. The van der Waals surface area contributed by atoms with Crippen molar-refractivity contribution in [1.29, 1.82) is 0 Å². The van der Waals surface area contributed by atoms with Gasteiger partial charge in [0.1, 0.15) is 5.75 Å². The average molecular weight is 331 g/mol. The fourth-order valence-electron chi connectivity index (χ4n) is 2.83. The molecular weight excluding hydrogens is 310 g/mol. The Balaban J connectivity index is 1.89. The lowest BCUT2D eigenvalue weighted by Crippen LogP contribution is -2.22. The lowest BCUT2D eigenvalue weighted by Gasteiger charge is -2.18. The van der Waals surface area contributed by atoms with E-state index in [1.54, 1.807) is 0 Å². The van der Waals surface area contributed by atoms with Gasteiger partial charge in [0, 0.05) is 11.8 Å². The summed E-state index contributed by atoms with van der Waals surface area (Å²) in [6, 6.07) is 27.1. The van der Waals surface area contributed by atoms with Crippen molar-refractivity contribution in [2.45, 2.75) is 12.8 Å². The molecule has 3 nitrogen and oxygen atoms in total. The van der Waals surface area contributed by atoms with Crippen molar-refractivity contribution in [1.82, 2.24) is 0 Å². The normalized spacial score (nSPS) is 10.5. The van der Waals surface area contributed by atoms with Crippen molar-refractivity contribution in [2.75, 3.05) is 11.9 Å². The molecule has 0 bridgehead atoms. The Morgan fingerprint density at radius 3 is 2.04 bits per heavy atom. The molecule has 0 aliphatic rings. The van der Waals surface area contributed by atoms with E-state index < -0.39 is 0 Å². The molecule has 25 heavy (non-hydrogen) atoms. The first-order valence-electron chi connectivity index (χ1n) is 8.41. The molecule has 0 aromatic heterocycles. The van der Waals surface area contributed by atoms with Crippen molar-refractivity contribution in [3.8, 4) is 5.75 Å². The van der Waals surface area contributed by atoms with Crippen LogP contribution in [0.15, 0.2) is 84.9 Å². The fraction of sp³-hybridized carbons (Fsp3) is 0.136. The Morgan fingerprint density at radius 1 is 0.880 bits per heavy atom. The summed E-state index contributed by atoms with van der Waals surface area (Å²) in [5.41, 5.74) is 2.66. The molecule has 3 aromatic carbocycles. The van der Waals surface area contributed by atoms with Gasteiger partial charge in [0.2, 0.25) is 5.91 Å². The van der Waals surface area contributed by atoms with Gasteiger partial charge in [0.25, 0.3) is 0 Å². The molecule has 3 heteroatoms. The minimum absolute atomic E-state index is 0.0638. The molecule has 0 aliphatic carbocycles. The van der Waals surface area contributed by atoms with Gasteiger partial charge in [-0.1, -0.05) is 66.7 Å². The first-order chi connectivity index (χ1) is 12.3. The van der Waals surface area contributed by atoms with Crippen LogP contribution in [0, 0.1) is 0 Å². The molecule has 3 rings (SSSR count). The van der Waals surface area contributed by atoms with E-state index in [1.165, 1.54) is 0 Å². The molecule has 0 atom stereocenters. The molecule has 0 saturated carbocycles. The van der Waals surface area contributed by atoms with Crippen LogP contribution in [0.25, 0.3) is 0 Å². The third-order valence-electron chi connectivity index (χ3n) is 3.94. The van der Waals surface area contributed by atoms with E-state index in [9.17, 15) is 4.79 Å². The molecule has 0 spiro atoms. The number of hydrogen-bond acceptors (Lipinski definition) is 2. The maximum Gasteiger partial charge on any atom is 0.236 e. The standard InChI is InChI=1S/C22H21NO2/c1-2-25-20-15-9-14-19(16-20)23-22(24)21(17-10-5-3-6-11-17)18-12-7-4-8-13-18/h3-16,21H,2H2,1H3,(H,23,24). The van der Waals surface area contributed by atoms with Gasteiger partial charge in [-0.25, -0.2) is 0 Å². The van der Waals surface area contributed by atoms with E-state index in [2.05, 4.69) is 5.32 Å². The monoisotopic (exact) mass is 331 g/mol. The molecule has 1 amide bonds. The zero-order valence-corrected chi connectivity index (χ0v) is 14.2. The molecule has 0 radical (unpaired) electrons. The van der Waals surface area contributed by atoms with Crippen molar-refractivity contribution < 1.29 is 9.53 Å². The Kier molecular flexibility index (Phi) is 5.47. The number of ether oxygens (including phenoxy) is 1. The molecule has 0 aliphatic heterocycles. The second kappa shape index (κ2) is 8.15. The van der Waals surface area contributed by atoms with Crippen LogP contribution in [0.5, 0.6) is 5.75 Å². The van der Waals surface area contributed by atoms with E-state index in [4.69, 9.17) is 4.74 Å². The largest absolute Gasteiger partial charge is 0.494 e. The highest BCUT2D eigenvalue weighted by molar-refractivity contribution is 5.98. The number of benzene rings is 3. The van der Waals surface area contributed by atoms with Crippen molar-refractivity contribution in [2.24, 2.45) is 0 Å². The number of carbonyl (C=O) groups is 1. The van der Waals surface area contributed by atoms with Crippen molar-refractivity contribution in [3.63, 3.8) is 0 Å². The van der Waals surface area contributed by atoms with Crippen LogP contribution in [0.1, 0.15) is 24.0 Å². The third kappa shape index (κ3) is 4.27. The molecule has 0 fully saturated rings. The van der Waals surface area contributed by atoms with Crippen LogP contribution in [-0.4, -0.2) is 12.5 Å². The smallest absolute Gasteiger partial charge is 0.236 e. The van der Waals surface area contributed by atoms with Crippen LogP contribution in [0.4, 0.5) is 5.69 Å². The highest BCUT2D eigenvalue weighted by Gasteiger charge is 2.22. The Hall–Kier alpha value is -3.07. The summed E-state index contributed by atoms with van der Waals surface area (Å²) >= 11 is 0. The number of rotatable bonds is 6. The summed E-state index contributed by atoms with van der Waals surface area (Å²) in [4.78, 5) is 13.0. The molecule has 3 aromatic rings. The average Bonchev–Trinajstić information content (AvgIpc) is 2.64. The molecule has 1 N–H and O–H groups in total. The zero-order chi connectivity index (χ0) is 17.5. The third-order valence-corrected chi connectivity index (χ3v) is 3.94. The van der Waals surface area contributed by atoms with Crippen LogP contribution in [0.3, 0.4) is 0 Å². The van der Waals surface area contributed by atoms with Crippen molar-refractivity contribution >= 4 is 11.6 Å². The maximum absolute atomic E-state index is 13.0. The number of hydrogen-bond donors (Lipinski definition) is 1. The van der Waals surface area contributed by atoms with Gasteiger partial charge in [0.05, 0.1) is 12.5 Å². The second-order valence-electron chi connectivity index (χ2n) is 5.70. The lowest BCUT2D eigenvalue weighted by atomic mass is 9.90. The molecular formula is C22H21NO2. The van der Waals surface area contributed by atoms with E-state index in [1.807, 2.05) is 91.9 Å². The molecule has 0 heterocycles. The first-order valence-corrected chi connectivity index (χ1v) is 8.41. The van der Waals surface area contributed by atoms with Gasteiger partial charge >= 0.3 is 0 Å². The van der Waals surface area contributed by atoms with Crippen LogP contribution in [-0.2, 0) is 4.79 Å². The Labute approximate surface area is 148 Å². The summed E-state index contributed by atoms with van der Waals surface area (Å²) in [5, 5.41) is 3.02. The fourth-order valence-corrected chi connectivity index (χ4v) is 2.83. The minimum Gasteiger partial charge on any atom is -0.494 e. The van der Waals surface area contributed by atoms with Gasteiger partial charge in [-0.15, -0.1) is 0 Å². The topological polar surface area (TPSA) is 38.3 Å². The number of amides is 1. The second-order valence-corrected chi connectivity index (χ2v) is 5.70. The van der Waals surface area contributed by atoms with Gasteiger partial charge in [-0.2, -0.15) is 0 Å². The van der Waals surface area contributed by atoms with Gasteiger partial charge in [-0.3, -0.25) is 4.79 Å². The highest BCUT2D eigenvalue weighted by atomic mass is 16.5. The number of anilines is 1. The van der Waals surface area contributed by atoms with Crippen LogP contribution in [0.2, 0.25) is 0 Å². The summed E-state index contributed by atoms with van der Waals surface area (Å²) in [6.07, 6.45) is 0. The molecule has 0 unspecified atom stereocenters. The summed E-state index contributed by atoms with van der Waals surface area (Å²) in [5.74, 6) is 0.320. The lowest BCUT2D eigenvalue weighted by molar-refractivity contribution is -0.116. The quantitative estimate of drug-likeness (QED) is 0.701. The zero-order valence-electron chi connectivity index (χ0n) is 14.2. The SMILES string of the molecule is CCOc1cccc(NC(=O)C(c2ccccc2)c2ccccc2)c1. The predicted octanol–water partition coefficient (Wildman–Crippen LogP) is 4.86. The van der Waals surface area contributed by atoms with Gasteiger partial charge in [-0.05, 0) is 30.2 Å². The Morgan fingerprint density at radius 2 is 1.48 bits per heavy atom. The number of nitrogens with one attached hydrogen (secondary N) is 1. The Bertz CT molecular complexity index is 776. The predicted molar refractivity (Wildman–Crippen MR) is 101 cm³/mol. The maximum atomic E-state index is 13.0.